The lowest BCUT2D eigenvalue weighted by molar-refractivity contribution is 0.160. The minimum atomic E-state index is 0.304. The van der Waals surface area contributed by atoms with Gasteiger partial charge in [-0.2, -0.15) is 0 Å². The topological polar surface area (TPSA) is 21.3 Å². The molecule has 3 atom stereocenters. The van der Waals surface area contributed by atoms with E-state index >= 15 is 0 Å². The van der Waals surface area contributed by atoms with E-state index < -0.39 is 0 Å². The SMILES string of the molecule is CCCNC(CC(C)CCC)C1Cc2ccccc2O1. The normalized spacial score (nSPS) is 20.2. The van der Waals surface area contributed by atoms with Crippen molar-refractivity contribution in [3.63, 3.8) is 0 Å². The number of hydrogen-bond donors (Lipinski definition) is 1. The Morgan fingerprint density at radius 2 is 2.05 bits per heavy atom. The van der Waals surface area contributed by atoms with Crippen molar-refractivity contribution in [2.45, 2.75) is 65.0 Å². The van der Waals surface area contributed by atoms with E-state index in [1.807, 2.05) is 0 Å². The van der Waals surface area contributed by atoms with Crippen molar-refractivity contribution < 1.29 is 4.74 Å². The molecule has 20 heavy (non-hydrogen) atoms. The summed E-state index contributed by atoms with van der Waals surface area (Å²) >= 11 is 0. The van der Waals surface area contributed by atoms with Crippen molar-refractivity contribution in [3.05, 3.63) is 29.8 Å². The third kappa shape index (κ3) is 3.99. The van der Waals surface area contributed by atoms with Crippen LogP contribution in [0.5, 0.6) is 5.75 Å². The van der Waals surface area contributed by atoms with Gasteiger partial charge in [0.1, 0.15) is 11.9 Å². The number of hydrogen-bond acceptors (Lipinski definition) is 2. The van der Waals surface area contributed by atoms with Crippen LogP contribution in [0.2, 0.25) is 0 Å². The van der Waals surface area contributed by atoms with Crippen LogP contribution in [0.4, 0.5) is 0 Å². The first kappa shape index (κ1) is 15.4. The van der Waals surface area contributed by atoms with Crippen LogP contribution in [0.1, 0.15) is 52.0 Å². The Morgan fingerprint density at radius 1 is 1.25 bits per heavy atom. The first-order valence-corrected chi connectivity index (χ1v) is 8.22. The lowest BCUT2D eigenvalue weighted by Crippen LogP contribution is -2.43. The summed E-state index contributed by atoms with van der Waals surface area (Å²) in [6.45, 7) is 7.95. The first-order chi connectivity index (χ1) is 9.74. The molecule has 1 heterocycles. The molecule has 1 aromatic rings. The third-order valence-corrected chi connectivity index (χ3v) is 4.22. The first-order valence-electron chi connectivity index (χ1n) is 8.22. The van der Waals surface area contributed by atoms with Gasteiger partial charge in [-0.1, -0.05) is 51.8 Å². The fourth-order valence-electron chi connectivity index (χ4n) is 3.17. The van der Waals surface area contributed by atoms with Gasteiger partial charge in [0.25, 0.3) is 0 Å². The predicted molar refractivity (Wildman–Crippen MR) is 85.3 cm³/mol. The van der Waals surface area contributed by atoms with Gasteiger partial charge in [-0.15, -0.1) is 0 Å². The van der Waals surface area contributed by atoms with Gasteiger partial charge < -0.3 is 10.1 Å². The van der Waals surface area contributed by atoms with Gasteiger partial charge in [-0.3, -0.25) is 0 Å². The monoisotopic (exact) mass is 275 g/mol. The van der Waals surface area contributed by atoms with E-state index in [2.05, 4.69) is 50.4 Å². The summed E-state index contributed by atoms with van der Waals surface area (Å²) in [5.41, 5.74) is 1.36. The summed E-state index contributed by atoms with van der Waals surface area (Å²) in [4.78, 5) is 0. The van der Waals surface area contributed by atoms with Gasteiger partial charge in [0.05, 0.1) is 0 Å². The second-order valence-corrected chi connectivity index (χ2v) is 6.16. The zero-order chi connectivity index (χ0) is 14.4. The smallest absolute Gasteiger partial charge is 0.123 e. The summed E-state index contributed by atoms with van der Waals surface area (Å²) in [5.74, 6) is 1.85. The van der Waals surface area contributed by atoms with Crippen LogP contribution in [-0.4, -0.2) is 18.7 Å². The average Bonchev–Trinajstić information content (AvgIpc) is 2.87. The van der Waals surface area contributed by atoms with Crippen LogP contribution in [0.25, 0.3) is 0 Å². The molecule has 1 aromatic carbocycles. The van der Waals surface area contributed by atoms with Crippen molar-refractivity contribution in [2.75, 3.05) is 6.54 Å². The standard InChI is InChI=1S/C18H29NO/c1-4-8-14(3)12-16(19-11-5-2)18-13-15-9-6-7-10-17(15)20-18/h6-7,9-10,14,16,18-19H,4-5,8,11-13H2,1-3H3. The minimum Gasteiger partial charge on any atom is -0.488 e. The molecule has 0 saturated carbocycles. The molecule has 0 fully saturated rings. The molecule has 0 aliphatic carbocycles. The van der Waals surface area contributed by atoms with Gasteiger partial charge >= 0.3 is 0 Å². The largest absolute Gasteiger partial charge is 0.488 e. The third-order valence-electron chi connectivity index (χ3n) is 4.22. The number of ether oxygens (including phenoxy) is 1. The Bertz CT molecular complexity index is 379. The van der Waals surface area contributed by atoms with Gasteiger partial charge in [0.2, 0.25) is 0 Å². The fourth-order valence-corrected chi connectivity index (χ4v) is 3.17. The molecule has 0 saturated heterocycles. The molecule has 0 radical (unpaired) electrons. The number of benzene rings is 1. The van der Waals surface area contributed by atoms with Gasteiger partial charge in [0, 0.05) is 12.5 Å². The van der Waals surface area contributed by atoms with Gasteiger partial charge in [0.15, 0.2) is 0 Å². The molecule has 1 aliphatic heterocycles. The van der Waals surface area contributed by atoms with E-state index in [4.69, 9.17) is 4.74 Å². The van der Waals surface area contributed by atoms with Crippen molar-refractivity contribution in [1.29, 1.82) is 0 Å². The zero-order valence-corrected chi connectivity index (χ0v) is 13.2. The minimum absolute atomic E-state index is 0.304. The van der Waals surface area contributed by atoms with Crippen molar-refractivity contribution >= 4 is 0 Å². The van der Waals surface area contributed by atoms with Crippen LogP contribution in [0.3, 0.4) is 0 Å². The van der Waals surface area contributed by atoms with Crippen LogP contribution < -0.4 is 10.1 Å². The summed E-state index contributed by atoms with van der Waals surface area (Å²) in [5, 5.41) is 3.71. The van der Waals surface area contributed by atoms with E-state index in [-0.39, 0.29) is 0 Å². The molecular formula is C18H29NO. The van der Waals surface area contributed by atoms with Crippen molar-refractivity contribution in [1.82, 2.24) is 5.32 Å². The van der Waals surface area contributed by atoms with E-state index in [1.54, 1.807) is 0 Å². The van der Waals surface area contributed by atoms with Gasteiger partial charge in [-0.05, 0) is 36.9 Å². The molecule has 112 valence electrons. The predicted octanol–water partition coefficient (Wildman–Crippen LogP) is 4.18. The maximum Gasteiger partial charge on any atom is 0.123 e. The second-order valence-electron chi connectivity index (χ2n) is 6.16. The van der Waals surface area contributed by atoms with Crippen LogP contribution in [0.15, 0.2) is 24.3 Å². The Morgan fingerprint density at radius 3 is 2.75 bits per heavy atom. The lowest BCUT2D eigenvalue weighted by Gasteiger charge is -2.27. The highest BCUT2D eigenvalue weighted by Crippen LogP contribution is 2.31. The molecule has 3 unspecified atom stereocenters. The van der Waals surface area contributed by atoms with E-state index in [0.29, 0.717) is 12.1 Å². The molecule has 0 bridgehead atoms. The maximum atomic E-state index is 6.18. The highest BCUT2D eigenvalue weighted by Gasteiger charge is 2.30. The Hall–Kier alpha value is -1.02. The molecule has 0 aromatic heterocycles. The molecule has 2 rings (SSSR count). The summed E-state index contributed by atoms with van der Waals surface area (Å²) in [6, 6.07) is 8.95. The Balaban J connectivity index is 1.97. The molecular weight excluding hydrogens is 246 g/mol. The molecule has 1 aliphatic rings. The van der Waals surface area contributed by atoms with E-state index in [0.717, 1.165) is 24.6 Å². The molecule has 0 spiro atoms. The van der Waals surface area contributed by atoms with E-state index in [9.17, 15) is 0 Å². The summed E-state index contributed by atoms with van der Waals surface area (Å²) in [6.07, 6.45) is 6.33. The number of fused-ring (bicyclic) bond motifs is 1. The Kier molecular flexibility index (Phi) is 5.90. The number of rotatable bonds is 8. The number of nitrogens with one attached hydrogen (secondary N) is 1. The van der Waals surface area contributed by atoms with Crippen molar-refractivity contribution in [2.24, 2.45) is 5.92 Å². The van der Waals surface area contributed by atoms with Crippen LogP contribution in [-0.2, 0) is 6.42 Å². The van der Waals surface area contributed by atoms with E-state index in [1.165, 1.54) is 31.2 Å². The lowest BCUT2D eigenvalue weighted by atomic mass is 9.92. The highest BCUT2D eigenvalue weighted by molar-refractivity contribution is 5.37. The van der Waals surface area contributed by atoms with Crippen molar-refractivity contribution in [3.8, 4) is 5.75 Å². The zero-order valence-electron chi connectivity index (χ0n) is 13.2. The molecule has 0 amide bonds. The fraction of sp³-hybridized carbons (Fsp3) is 0.667. The number of para-hydroxylation sites is 1. The molecule has 1 N–H and O–H groups in total. The molecule has 2 heteroatoms. The summed E-state index contributed by atoms with van der Waals surface area (Å²) < 4.78 is 6.18. The summed E-state index contributed by atoms with van der Waals surface area (Å²) in [7, 11) is 0. The van der Waals surface area contributed by atoms with Crippen LogP contribution in [0, 0.1) is 5.92 Å². The van der Waals surface area contributed by atoms with Crippen LogP contribution >= 0.6 is 0 Å². The second kappa shape index (κ2) is 7.68. The maximum absolute atomic E-state index is 6.18. The average molecular weight is 275 g/mol. The molecule has 2 nitrogen and oxygen atoms in total. The Labute approximate surface area is 123 Å². The quantitative estimate of drug-likeness (QED) is 0.768. The van der Waals surface area contributed by atoms with Gasteiger partial charge in [-0.25, -0.2) is 0 Å². The highest BCUT2D eigenvalue weighted by atomic mass is 16.5.